The number of benzene rings is 1. The average molecular weight is 308 g/mol. The molecule has 21 heavy (non-hydrogen) atoms. The second-order valence-electron chi connectivity index (χ2n) is 5.16. The van der Waals surface area contributed by atoms with Crippen LogP contribution in [0.5, 0.6) is 5.75 Å². The van der Waals surface area contributed by atoms with Gasteiger partial charge in [-0.3, -0.25) is 4.79 Å². The van der Waals surface area contributed by atoms with E-state index in [1.54, 1.807) is 13.0 Å². The third kappa shape index (κ3) is 3.19. The van der Waals surface area contributed by atoms with Gasteiger partial charge in [0.2, 0.25) is 0 Å². The molecule has 3 rings (SSSR count). The molecule has 1 saturated carbocycles. The highest BCUT2D eigenvalue weighted by Gasteiger charge is 2.23. The van der Waals surface area contributed by atoms with Crippen LogP contribution in [0, 0.1) is 6.92 Å². The van der Waals surface area contributed by atoms with Gasteiger partial charge in [0.05, 0.1) is 5.02 Å². The first kappa shape index (κ1) is 13.9. The normalized spacial score (nSPS) is 14.2. The zero-order valence-corrected chi connectivity index (χ0v) is 12.2. The van der Waals surface area contributed by atoms with Gasteiger partial charge in [0, 0.05) is 23.6 Å². The second kappa shape index (κ2) is 5.41. The maximum Gasteiger partial charge on any atom is 0.336 e. The van der Waals surface area contributed by atoms with Crippen LogP contribution in [0.2, 0.25) is 5.02 Å². The largest absolute Gasteiger partial charge is 0.482 e. The zero-order chi connectivity index (χ0) is 15.0. The number of aryl methyl sites for hydroxylation is 1. The number of rotatable bonds is 4. The highest BCUT2D eigenvalue weighted by molar-refractivity contribution is 6.32. The van der Waals surface area contributed by atoms with Gasteiger partial charge in [-0.15, -0.1) is 0 Å². The number of carbonyl (C=O) groups is 1. The number of ether oxygens (including phenoxy) is 1. The first-order chi connectivity index (χ1) is 10.0. The first-order valence-corrected chi connectivity index (χ1v) is 7.07. The second-order valence-corrected chi connectivity index (χ2v) is 5.56. The first-order valence-electron chi connectivity index (χ1n) is 6.69. The minimum absolute atomic E-state index is 0.113. The van der Waals surface area contributed by atoms with E-state index in [0.29, 0.717) is 16.4 Å². The van der Waals surface area contributed by atoms with Crippen LogP contribution in [0.3, 0.4) is 0 Å². The molecule has 1 aliphatic carbocycles. The summed E-state index contributed by atoms with van der Waals surface area (Å²) in [6.07, 6.45) is 2.04. The van der Waals surface area contributed by atoms with Gasteiger partial charge in [-0.25, -0.2) is 4.79 Å². The molecule has 6 heteroatoms. The number of carbonyl (C=O) groups excluding carboxylic acids is 1. The number of fused-ring (bicyclic) bond motifs is 1. The van der Waals surface area contributed by atoms with Crippen molar-refractivity contribution in [3.05, 3.63) is 39.2 Å². The molecule has 0 spiro atoms. The quantitative estimate of drug-likeness (QED) is 0.881. The summed E-state index contributed by atoms with van der Waals surface area (Å²) >= 11 is 6.14. The molecule has 1 aliphatic rings. The Bertz CT molecular complexity index is 764. The van der Waals surface area contributed by atoms with Gasteiger partial charge in [-0.1, -0.05) is 11.6 Å². The van der Waals surface area contributed by atoms with Crippen molar-refractivity contribution in [2.24, 2.45) is 0 Å². The van der Waals surface area contributed by atoms with Crippen LogP contribution in [0.1, 0.15) is 18.4 Å². The maximum atomic E-state index is 11.6. The standard InChI is InChI=1S/C15H14ClNO4/c1-8-4-15(19)21-12-6-13(11(16)5-10(8)12)20-7-14(18)17-9-2-3-9/h4-6,9H,2-3,7H2,1H3,(H,17,18). The van der Waals surface area contributed by atoms with Gasteiger partial charge < -0.3 is 14.5 Å². The molecule has 0 unspecified atom stereocenters. The van der Waals surface area contributed by atoms with Crippen molar-refractivity contribution in [2.75, 3.05) is 6.61 Å². The van der Waals surface area contributed by atoms with Crippen LogP contribution in [-0.4, -0.2) is 18.6 Å². The van der Waals surface area contributed by atoms with Crippen molar-refractivity contribution < 1.29 is 13.9 Å². The van der Waals surface area contributed by atoms with E-state index in [9.17, 15) is 9.59 Å². The van der Waals surface area contributed by atoms with Crippen molar-refractivity contribution in [3.63, 3.8) is 0 Å². The van der Waals surface area contributed by atoms with Crippen LogP contribution in [-0.2, 0) is 4.79 Å². The topological polar surface area (TPSA) is 68.5 Å². The molecule has 1 aromatic carbocycles. The summed E-state index contributed by atoms with van der Waals surface area (Å²) in [6.45, 7) is 1.69. The Hall–Kier alpha value is -2.01. The number of amides is 1. The molecule has 2 aromatic rings. The average Bonchev–Trinajstić information content (AvgIpc) is 3.21. The minimum Gasteiger partial charge on any atom is -0.482 e. The lowest BCUT2D eigenvalue weighted by Crippen LogP contribution is -2.30. The van der Waals surface area contributed by atoms with Crippen molar-refractivity contribution >= 4 is 28.5 Å². The maximum absolute atomic E-state index is 11.6. The predicted octanol–water partition coefficient (Wildman–Crippen LogP) is 2.41. The summed E-state index contributed by atoms with van der Waals surface area (Å²) < 4.78 is 10.5. The van der Waals surface area contributed by atoms with Gasteiger partial charge in [0.25, 0.3) is 5.91 Å². The Morgan fingerprint density at radius 3 is 2.90 bits per heavy atom. The molecule has 5 nitrogen and oxygen atoms in total. The molecule has 1 N–H and O–H groups in total. The summed E-state index contributed by atoms with van der Waals surface area (Å²) in [7, 11) is 0. The molecule has 110 valence electrons. The Morgan fingerprint density at radius 2 is 2.19 bits per heavy atom. The van der Waals surface area contributed by atoms with E-state index in [4.69, 9.17) is 20.8 Å². The Morgan fingerprint density at radius 1 is 1.43 bits per heavy atom. The minimum atomic E-state index is -0.431. The van der Waals surface area contributed by atoms with Crippen molar-refractivity contribution in [1.29, 1.82) is 0 Å². The molecular weight excluding hydrogens is 294 g/mol. The van der Waals surface area contributed by atoms with Crippen LogP contribution in [0.4, 0.5) is 0 Å². The van der Waals surface area contributed by atoms with Crippen LogP contribution in [0.25, 0.3) is 11.0 Å². The number of nitrogens with one attached hydrogen (secondary N) is 1. The summed E-state index contributed by atoms with van der Waals surface area (Å²) in [6, 6.07) is 4.90. The van der Waals surface area contributed by atoms with E-state index in [1.807, 2.05) is 0 Å². The molecule has 1 aromatic heterocycles. The smallest absolute Gasteiger partial charge is 0.336 e. The molecule has 1 heterocycles. The Balaban J connectivity index is 1.82. The highest BCUT2D eigenvalue weighted by Crippen LogP contribution is 2.31. The molecule has 0 saturated heterocycles. The lowest BCUT2D eigenvalue weighted by atomic mass is 10.1. The van der Waals surface area contributed by atoms with E-state index < -0.39 is 5.63 Å². The SMILES string of the molecule is Cc1cc(=O)oc2cc(OCC(=O)NC3CC3)c(Cl)cc12. The summed E-state index contributed by atoms with van der Waals surface area (Å²) in [5.41, 5.74) is 0.739. The molecular formula is C15H14ClNO4. The van der Waals surface area contributed by atoms with Gasteiger partial charge in [-0.2, -0.15) is 0 Å². The van der Waals surface area contributed by atoms with E-state index >= 15 is 0 Å². The number of hydrogen-bond acceptors (Lipinski definition) is 4. The monoisotopic (exact) mass is 307 g/mol. The van der Waals surface area contributed by atoms with E-state index in [2.05, 4.69) is 5.32 Å². The Kier molecular flexibility index (Phi) is 3.59. The fourth-order valence-electron chi connectivity index (χ4n) is 2.07. The molecule has 0 atom stereocenters. The lowest BCUT2D eigenvalue weighted by Gasteiger charge is -2.09. The van der Waals surface area contributed by atoms with Crippen LogP contribution in [0.15, 0.2) is 27.4 Å². The fourth-order valence-corrected chi connectivity index (χ4v) is 2.29. The van der Waals surface area contributed by atoms with E-state index in [0.717, 1.165) is 23.8 Å². The van der Waals surface area contributed by atoms with Crippen molar-refractivity contribution in [1.82, 2.24) is 5.32 Å². The third-order valence-electron chi connectivity index (χ3n) is 3.31. The Labute approximate surface area is 125 Å². The fraction of sp³-hybridized carbons (Fsp3) is 0.333. The molecule has 0 aliphatic heterocycles. The molecule has 0 bridgehead atoms. The van der Waals surface area contributed by atoms with Gasteiger partial charge in [0.15, 0.2) is 6.61 Å². The summed E-state index contributed by atoms with van der Waals surface area (Å²) in [4.78, 5) is 23.0. The van der Waals surface area contributed by atoms with E-state index in [1.165, 1.54) is 12.1 Å². The van der Waals surface area contributed by atoms with Crippen LogP contribution >= 0.6 is 11.6 Å². The van der Waals surface area contributed by atoms with Gasteiger partial charge >= 0.3 is 5.63 Å². The van der Waals surface area contributed by atoms with Gasteiger partial charge in [0.1, 0.15) is 11.3 Å². The summed E-state index contributed by atoms with van der Waals surface area (Å²) in [5, 5.41) is 3.94. The van der Waals surface area contributed by atoms with Gasteiger partial charge in [-0.05, 0) is 31.4 Å². The van der Waals surface area contributed by atoms with Crippen molar-refractivity contribution in [3.8, 4) is 5.75 Å². The molecule has 0 radical (unpaired) electrons. The van der Waals surface area contributed by atoms with Crippen molar-refractivity contribution in [2.45, 2.75) is 25.8 Å². The zero-order valence-electron chi connectivity index (χ0n) is 11.4. The molecule has 1 amide bonds. The number of halogens is 1. The number of hydrogen-bond donors (Lipinski definition) is 1. The third-order valence-corrected chi connectivity index (χ3v) is 3.60. The lowest BCUT2D eigenvalue weighted by molar-refractivity contribution is -0.123. The highest BCUT2D eigenvalue weighted by atomic mass is 35.5. The van der Waals surface area contributed by atoms with Crippen LogP contribution < -0.4 is 15.7 Å². The van der Waals surface area contributed by atoms with E-state index in [-0.39, 0.29) is 18.6 Å². The summed E-state index contributed by atoms with van der Waals surface area (Å²) in [5.74, 6) is 0.142. The molecule has 1 fully saturated rings. The predicted molar refractivity (Wildman–Crippen MR) is 78.9 cm³/mol.